The van der Waals surface area contributed by atoms with Gasteiger partial charge in [0.2, 0.25) is 5.88 Å². The monoisotopic (exact) mass is 403 g/mol. The van der Waals surface area contributed by atoms with E-state index in [0.717, 1.165) is 40.6 Å². The van der Waals surface area contributed by atoms with Crippen LogP contribution in [0.4, 0.5) is 0 Å². The van der Waals surface area contributed by atoms with Gasteiger partial charge in [-0.3, -0.25) is 9.13 Å². The van der Waals surface area contributed by atoms with Crippen molar-refractivity contribution in [3.05, 3.63) is 81.5 Å². The van der Waals surface area contributed by atoms with Gasteiger partial charge >= 0.3 is 5.69 Å². The number of nitrogens with zero attached hydrogens (tertiary/aromatic N) is 2. The Morgan fingerprint density at radius 2 is 1.93 bits per heavy atom. The largest absolute Gasteiger partial charge is 0.496 e. The summed E-state index contributed by atoms with van der Waals surface area (Å²) in [4.78, 5) is 17.0. The molecule has 0 aliphatic carbocycles. The third-order valence-electron chi connectivity index (χ3n) is 6.13. The highest BCUT2D eigenvalue weighted by atomic mass is 16.5. The lowest BCUT2D eigenvalue weighted by atomic mass is 9.92. The first-order chi connectivity index (χ1) is 14.7. The molecule has 1 aliphatic heterocycles. The van der Waals surface area contributed by atoms with E-state index in [-0.39, 0.29) is 11.6 Å². The Morgan fingerprint density at radius 3 is 2.73 bits per heavy atom. The van der Waals surface area contributed by atoms with Gasteiger partial charge in [0.15, 0.2) is 0 Å². The Hall–Kier alpha value is -3.41. The molecule has 0 unspecified atom stereocenters. The molecular weight excluding hydrogens is 378 g/mol. The molecular formula is C24H25N3O3. The molecule has 0 saturated carbocycles. The first-order valence-electron chi connectivity index (χ1n) is 10.4. The van der Waals surface area contributed by atoms with Crippen molar-refractivity contribution in [2.75, 3.05) is 7.11 Å². The molecule has 6 nitrogen and oxygen atoms in total. The van der Waals surface area contributed by atoms with Gasteiger partial charge in [-0.15, -0.1) is 0 Å². The van der Waals surface area contributed by atoms with E-state index in [0.29, 0.717) is 24.4 Å². The van der Waals surface area contributed by atoms with Crippen LogP contribution < -0.4 is 10.4 Å². The van der Waals surface area contributed by atoms with Gasteiger partial charge in [0.05, 0.1) is 12.8 Å². The third kappa shape index (κ3) is 2.60. The summed E-state index contributed by atoms with van der Waals surface area (Å²) in [6.45, 7) is 2.58. The number of benzene rings is 2. The predicted octanol–water partition coefficient (Wildman–Crippen LogP) is 4.19. The van der Waals surface area contributed by atoms with Gasteiger partial charge in [-0.05, 0) is 24.1 Å². The molecule has 2 N–H and O–H groups in total. The maximum Gasteiger partial charge on any atom is 0.332 e. The molecule has 2 aromatic carbocycles. The van der Waals surface area contributed by atoms with Crippen LogP contribution in [-0.2, 0) is 13.0 Å². The molecule has 2 aromatic heterocycles. The fourth-order valence-electron chi connectivity index (χ4n) is 4.68. The molecule has 0 fully saturated rings. The molecule has 5 rings (SSSR count). The molecule has 6 heteroatoms. The van der Waals surface area contributed by atoms with Crippen LogP contribution in [0.1, 0.15) is 48.3 Å². The number of hydrogen-bond donors (Lipinski definition) is 2. The molecule has 0 amide bonds. The van der Waals surface area contributed by atoms with Gasteiger partial charge in [0.25, 0.3) is 0 Å². The predicted molar refractivity (Wildman–Crippen MR) is 117 cm³/mol. The van der Waals surface area contributed by atoms with Crippen molar-refractivity contribution in [2.45, 2.75) is 38.8 Å². The van der Waals surface area contributed by atoms with Crippen LogP contribution in [0.5, 0.6) is 11.6 Å². The number of aromatic amines is 1. The van der Waals surface area contributed by atoms with E-state index in [1.807, 2.05) is 42.5 Å². The average molecular weight is 403 g/mol. The molecule has 30 heavy (non-hydrogen) atoms. The summed E-state index contributed by atoms with van der Waals surface area (Å²) in [7, 11) is 1.64. The maximum atomic E-state index is 13.5. The molecule has 1 atom stereocenters. The lowest BCUT2D eigenvalue weighted by Gasteiger charge is -2.27. The quantitative estimate of drug-likeness (QED) is 0.462. The maximum absolute atomic E-state index is 13.5. The number of rotatable bonds is 5. The number of ether oxygens (including phenoxy) is 1. The van der Waals surface area contributed by atoms with Gasteiger partial charge < -0.3 is 14.8 Å². The van der Waals surface area contributed by atoms with Crippen LogP contribution in [0.3, 0.4) is 0 Å². The van der Waals surface area contributed by atoms with Crippen molar-refractivity contribution in [3.8, 4) is 11.6 Å². The fourth-order valence-corrected chi connectivity index (χ4v) is 4.68. The van der Waals surface area contributed by atoms with Gasteiger partial charge in [-0.1, -0.05) is 49.7 Å². The topological polar surface area (TPSA) is 72.2 Å². The van der Waals surface area contributed by atoms with Crippen LogP contribution in [-0.4, -0.2) is 26.3 Å². The van der Waals surface area contributed by atoms with E-state index in [4.69, 9.17) is 4.74 Å². The number of aromatic nitrogens is 3. The lowest BCUT2D eigenvalue weighted by Crippen LogP contribution is -2.32. The number of methoxy groups -OCH3 is 1. The molecule has 1 aliphatic rings. The minimum atomic E-state index is -0.395. The first kappa shape index (κ1) is 18.6. The number of aromatic hydroxyl groups is 1. The highest BCUT2D eigenvalue weighted by molar-refractivity contribution is 5.86. The van der Waals surface area contributed by atoms with E-state index in [1.54, 1.807) is 11.7 Å². The molecule has 0 bridgehead atoms. The number of unbranched alkanes of at least 4 members (excludes halogenated alkanes) is 1. The summed E-state index contributed by atoms with van der Waals surface area (Å²) in [5.41, 5.74) is 4.48. The minimum Gasteiger partial charge on any atom is -0.496 e. The zero-order chi connectivity index (χ0) is 20.8. The average Bonchev–Trinajstić information content (AvgIpc) is 3.26. The second kappa shape index (κ2) is 7.13. The number of imidazole rings is 1. The Balaban J connectivity index is 1.82. The summed E-state index contributed by atoms with van der Waals surface area (Å²) in [6.07, 6.45) is 2.29. The third-order valence-corrected chi connectivity index (χ3v) is 6.13. The molecule has 3 heterocycles. The smallest absolute Gasteiger partial charge is 0.332 e. The van der Waals surface area contributed by atoms with Crippen molar-refractivity contribution < 1.29 is 9.84 Å². The van der Waals surface area contributed by atoms with Gasteiger partial charge in [-0.25, -0.2) is 4.79 Å². The highest BCUT2D eigenvalue weighted by Crippen LogP contribution is 2.43. The fraction of sp³-hybridized carbons (Fsp3) is 0.292. The van der Waals surface area contributed by atoms with Crippen molar-refractivity contribution in [2.24, 2.45) is 0 Å². The van der Waals surface area contributed by atoms with Crippen molar-refractivity contribution in [3.63, 3.8) is 0 Å². The van der Waals surface area contributed by atoms with E-state index >= 15 is 0 Å². The van der Waals surface area contributed by atoms with Gasteiger partial charge in [0, 0.05) is 35.1 Å². The van der Waals surface area contributed by atoms with Crippen LogP contribution in [0.15, 0.2) is 53.3 Å². The summed E-state index contributed by atoms with van der Waals surface area (Å²) < 4.78 is 8.89. The number of hydrogen-bond acceptors (Lipinski definition) is 3. The Kier molecular flexibility index (Phi) is 4.42. The first-order valence-corrected chi connectivity index (χ1v) is 10.4. The Labute approximate surface area is 174 Å². The number of H-pyrrole nitrogens is 1. The molecule has 0 radical (unpaired) electrons. The summed E-state index contributed by atoms with van der Waals surface area (Å²) in [6, 6.07) is 15.5. The van der Waals surface area contributed by atoms with Crippen LogP contribution in [0, 0.1) is 0 Å². The normalized spacial score (nSPS) is 15.2. The number of para-hydroxylation sites is 2. The van der Waals surface area contributed by atoms with E-state index < -0.39 is 6.04 Å². The van der Waals surface area contributed by atoms with E-state index in [1.165, 1.54) is 4.57 Å². The summed E-state index contributed by atoms with van der Waals surface area (Å²) in [5.74, 6) is 0.789. The van der Waals surface area contributed by atoms with Crippen molar-refractivity contribution >= 4 is 10.9 Å². The Morgan fingerprint density at radius 1 is 1.17 bits per heavy atom. The van der Waals surface area contributed by atoms with E-state index in [9.17, 15) is 9.90 Å². The van der Waals surface area contributed by atoms with Crippen LogP contribution in [0.25, 0.3) is 10.9 Å². The summed E-state index contributed by atoms with van der Waals surface area (Å²) in [5, 5.41) is 12.1. The molecule has 0 spiro atoms. The van der Waals surface area contributed by atoms with Crippen LogP contribution in [0.2, 0.25) is 0 Å². The van der Waals surface area contributed by atoms with Gasteiger partial charge in [0.1, 0.15) is 11.8 Å². The van der Waals surface area contributed by atoms with Crippen molar-refractivity contribution in [1.29, 1.82) is 0 Å². The second-order valence-electron chi connectivity index (χ2n) is 7.81. The lowest BCUT2D eigenvalue weighted by molar-refractivity contribution is 0.401. The highest BCUT2D eigenvalue weighted by Gasteiger charge is 2.36. The standard InChI is InChI=1S/C24H25N3O3/c1-3-4-13-26-23(28)19-14-17-15-9-5-7-11-18(15)25-21(17)22(27(19)24(26)29)16-10-6-8-12-20(16)30-2/h5-12,22,25,28H,3-4,13-14H2,1-2H3/t22-/m0/s1. The van der Waals surface area contributed by atoms with Crippen LogP contribution >= 0.6 is 0 Å². The van der Waals surface area contributed by atoms with Crippen molar-refractivity contribution in [1.82, 2.24) is 14.1 Å². The van der Waals surface area contributed by atoms with E-state index in [2.05, 4.69) is 18.0 Å². The zero-order valence-corrected chi connectivity index (χ0v) is 17.2. The molecule has 0 saturated heterocycles. The summed E-state index contributed by atoms with van der Waals surface area (Å²) >= 11 is 0. The molecule has 154 valence electrons. The number of fused-ring (bicyclic) bond motifs is 4. The SMILES string of the molecule is CCCCn1c(O)c2n(c1=O)[C@@H](c1ccccc1OC)c1[nH]c3ccccc3c1C2. The zero-order valence-electron chi connectivity index (χ0n) is 17.2. The Bertz CT molecular complexity index is 1300. The number of nitrogens with one attached hydrogen (secondary N) is 1. The second-order valence-corrected chi connectivity index (χ2v) is 7.81. The minimum absolute atomic E-state index is 0.0734. The van der Waals surface area contributed by atoms with Gasteiger partial charge in [-0.2, -0.15) is 0 Å². The molecule has 4 aromatic rings.